The van der Waals surface area contributed by atoms with Gasteiger partial charge in [0.15, 0.2) is 5.82 Å². The third-order valence-electron chi connectivity index (χ3n) is 5.10. The molecule has 1 fully saturated rings. The molecule has 4 heterocycles. The predicted octanol–water partition coefficient (Wildman–Crippen LogP) is 0.229. The number of nitrogens with zero attached hydrogens (tertiary/aromatic N) is 7. The summed E-state index contributed by atoms with van der Waals surface area (Å²) in [6.45, 7) is 1.31. The molecule has 1 amide bonds. The van der Waals surface area contributed by atoms with Crippen LogP contribution in [0, 0.1) is 0 Å². The van der Waals surface area contributed by atoms with Gasteiger partial charge in [0.05, 0.1) is 17.2 Å². The fraction of sp³-hybridized carbons (Fsp3) is 0.263. The molecule has 0 unspecified atom stereocenters. The van der Waals surface area contributed by atoms with Crippen LogP contribution in [0.2, 0.25) is 0 Å². The monoisotopic (exact) mass is 390 g/mol. The second-order valence-electron chi connectivity index (χ2n) is 7.01. The van der Waals surface area contributed by atoms with Gasteiger partial charge in [0, 0.05) is 31.5 Å². The van der Waals surface area contributed by atoms with Crippen molar-refractivity contribution in [1.82, 2.24) is 34.4 Å². The Hall–Kier alpha value is -3.82. The van der Waals surface area contributed by atoms with E-state index in [-0.39, 0.29) is 24.1 Å². The molecule has 1 N–H and O–H groups in total. The van der Waals surface area contributed by atoms with Crippen molar-refractivity contribution in [3.63, 3.8) is 0 Å². The number of aromatic nitrogens is 6. The Labute approximate surface area is 164 Å². The number of hydrogen-bond donors (Lipinski definition) is 1. The molecule has 29 heavy (non-hydrogen) atoms. The van der Waals surface area contributed by atoms with Crippen molar-refractivity contribution in [3.8, 4) is 0 Å². The molecule has 0 bridgehead atoms. The summed E-state index contributed by atoms with van der Waals surface area (Å²) in [4.78, 5) is 35.8. The Balaban J connectivity index is 1.27. The van der Waals surface area contributed by atoms with Gasteiger partial charge in [-0.3, -0.25) is 18.6 Å². The average Bonchev–Trinajstić information content (AvgIpc) is 3.39. The van der Waals surface area contributed by atoms with Gasteiger partial charge in [-0.15, -0.1) is 10.2 Å². The number of amides is 1. The van der Waals surface area contributed by atoms with Gasteiger partial charge in [-0.2, -0.15) is 0 Å². The number of benzene rings is 1. The molecule has 4 aromatic rings. The van der Waals surface area contributed by atoms with Crippen LogP contribution in [0.1, 0.15) is 6.42 Å². The molecule has 1 aliphatic rings. The van der Waals surface area contributed by atoms with Gasteiger partial charge in [0.1, 0.15) is 12.9 Å². The van der Waals surface area contributed by atoms with E-state index >= 15 is 0 Å². The lowest BCUT2D eigenvalue weighted by atomic mass is 10.2. The molecule has 10 nitrogen and oxygen atoms in total. The van der Waals surface area contributed by atoms with Crippen molar-refractivity contribution >= 4 is 28.3 Å². The van der Waals surface area contributed by atoms with Gasteiger partial charge in [-0.25, -0.2) is 9.97 Å². The zero-order valence-electron chi connectivity index (χ0n) is 15.5. The van der Waals surface area contributed by atoms with E-state index in [4.69, 9.17) is 0 Å². The molecule has 0 spiro atoms. The number of anilines is 1. The average molecular weight is 390 g/mol. The normalized spacial score (nSPS) is 16.6. The summed E-state index contributed by atoms with van der Waals surface area (Å²) >= 11 is 0. The van der Waals surface area contributed by atoms with Crippen LogP contribution in [0.5, 0.6) is 0 Å². The fourth-order valence-corrected chi connectivity index (χ4v) is 3.69. The number of nitrogens with one attached hydrogen (secondary N) is 1. The zero-order valence-corrected chi connectivity index (χ0v) is 15.5. The minimum absolute atomic E-state index is 0.0309. The summed E-state index contributed by atoms with van der Waals surface area (Å²) < 4.78 is 3.15. The molecule has 146 valence electrons. The van der Waals surface area contributed by atoms with E-state index in [1.165, 1.54) is 10.9 Å². The molecule has 3 aromatic heterocycles. The Morgan fingerprint density at radius 3 is 3.03 bits per heavy atom. The fourth-order valence-electron chi connectivity index (χ4n) is 3.69. The van der Waals surface area contributed by atoms with Crippen molar-refractivity contribution in [2.24, 2.45) is 0 Å². The van der Waals surface area contributed by atoms with E-state index in [1.807, 2.05) is 10.5 Å². The number of carbonyl (C=O) groups excluding carboxylic acids is 1. The van der Waals surface area contributed by atoms with Crippen molar-refractivity contribution in [2.75, 3.05) is 18.0 Å². The first-order valence-corrected chi connectivity index (χ1v) is 9.32. The van der Waals surface area contributed by atoms with Crippen LogP contribution in [-0.2, 0) is 11.3 Å². The molecular formula is C19H18N8O2. The Kier molecular flexibility index (Phi) is 4.15. The standard InChI is InChI=1S/C19H18N8O2/c28-16(10-27-11-21-15-4-2-1-3-14(15)19(27)29)23-13-5-7-25(9-13)17-18-24-22-12-26(18)8-6-20-17/h1-4,6,8,11-13H,5,7,9-10H2,(H,23,28)/t13-/m0/s1. The topological polar surface area (TPSA) is 110 Å². The molecule has 0 radical (unpaired) electrons. The molecule has 1 aromatic carbocycles. The van der Waals surface area contributed by atoms with Crippen molar-refractivity contribution in [2.45, 2.75) is 19.0 Å². The molecule has 0 aliphatic carbocycles. The molecule has 10 heteroatoms. The van der Waals surface area contributed by atoms with E-state index in [9.17, 15) is 9.59 Å². The quantitative estimate of drug-likeness (QED) is 0.531. The molecule has 1 aliphatic heterocycles. The SMILES string of the molecule is O=C(Cn1cnc2ccccc2c1=O)N[C@H]1CCN(c2nccn3cnnc23)C1. The van der Waals surface area contributed by atoms with Crippen LogP contribution in [0.4, 0.5) is 5.82 Å². The Morgan fingerprint density at radius 1 is 1.21 bits per heavy atom. The lowest BCUT2D eigenvalue weighted by Crippen LogP contribution is -2.40. The van der Waals surface area contributed by atoms with Crippen LogP contribution < -0.4 is 15.8 Å². The van der Waals surface area contributed by atoms with Crippen molar-refractivity contribution < 1.29 is 4.79 Å². The van der Waals surface area contributed by atoms with Gasteiger partial charge in [-0.05, 0) is 18.6 Å². The second kappa shape index (κ2) is 6.97. The maximum atomic E-state index is 12.5. The highest BCUT2D eigenvalue weighted by Crippen LogP contribution is 2.21. The summed E-state index contributed by atoms with van der Waals surface area (Å²) in [7, 11) is 0. The first-order chi connectivity index (χ1) is 14.2. The molecule has 0 saturated carbocycles. The van der Waals surface area contributed by atoms with Crippen LogP contribution in [-0.4, -0.2) is 54.2 Å². The summed E-state index contributed by atoms with van der Waals surface area (Å²) in [5, 5.41) is 11.5. The highest BCUT2D eigenvalue weighted by Gasteiger charge is 2.26. The summed E-state index contributed by atoms with van der Waals surface area (Å²) in [5.41, 5.74) is 1.09. The smallest absolute Gasteiger partial charge is 0.261 e. The van der Waals surface area contributed by atoms with E-state index in [1.54, 1.807) is 36.9 Å². The van der Waals surface area contributed by atoms with Gasteiger partial charge in [0.2, 0.25) is 11.6 Å². The summed E-state index contributed by atoms with van der Waals surface area (Å²) in [6, 6.07) is 7.07. The van der Waals surface area contributed by atoms with Crippen LogP contribution in [0.25, 0.3) is 16.6 Å². The van der Waals surface area contributed by atoms with Gasteiger partial charge >= 0.3 is 0 Å². The second-order valence-corrected chi connectivity index (χ2v) is 7.01. The minimum atomic E-state index is -0.221. The third kappa shape index (κ3) is 3.18. The lowest BCUT2D eigenvalue weighted by Gasteiger charge is -2.18. The first-order valence-electron chi connectivity index (χ1n) is 9.32. The maximum Gasteiger partial charge on any atom is 0.261 e. The number of rotatable bonds is 4. The van der Waals surface area contributed by atoms with Gasteiger partial charge in [-0.1, -0.05) is 12.1 Å². The van der Waals surface area contributed by atoms with Gasteiger partial charge < -0.3 is 10.2 Å². The lowest BCUT2D eigenvalue weighted by molar-refractivity contribution is -0.122. The third-order valence-corrected chi connectivity index (χ3v) is 5.10. The first kappa shape index (κ1) is 17.3. The molecule has 1 atom stereocenters. The minimum Gasteiger partial charge on any atom is -0.351 e. The Morgan fingerprint density at radius 2 is 2.10 bits per heavy atom. The highest BCUT2D eigenvalue weighted by atomic mass is 16.2. The molecule has 1 saturated heterocycles. The number of hydrogen-bond acceptors (Lipinski definition) is 7. The summed E-state index contributed by atoms with van der Waals surface area (Å²) in [6.07, 6.45) is 7.33. The van der Waals surface area contributed by atoms with E-state index in [0.717, 1.165) is 18.8 Å². The highest BCUT2D eigenvalue weighted by molar-refractivity contribution is 5.79. The number of fused-ring (bicyclic) bond motifs is 2. The number of carbonyl (C=O) groups is 1. The largest absolute Gasteiger partial charge is 0.351 e. The van der Waals surface area contributed by atoms with E-state index in [0.29, 0.717) is 23.1 Å². The van der Waals surface area contributed by atoms with Crippen molar-refractivity contribution in [3.05, 3.63) is 59.7 Å². The molecule has 5 rings (SSSR count). The van der Waals surface area contributed by atoms with E-state index < -0.39 is 0 Å². The van der Waals surface area contributed by atoms with Gasteiger partial charge in [0.25, 0.3) is 5.56 Å². The Bertz CT molecular complexity index is 1260. The van der Waals surface area contributed by atoms with Crippen LogP contribution in [0.15, 0.2) is 54.1 Å². The van der Waals surface area contributed by atoms with Crippen LogP contribution in [0.3, 0.4) is 0 Å². The van der Waals surface area contributed by atoms with E-state index in [2.05, 4.69) is 30.4 Å². The number of para-hydroxylation sites is 1. The molecular weight excluding hydrogens is 372 g/mol. The summed E-state index contributed by atoms with van der Waals surface area (Å²) in [5.74, 6) is 0.529. The van der Waals surface area contributed by atoms with Crippen molar-refractivity contribution in [1.29, 1.82) is 0 Å². The maximum absolute atomic E-state index is 12.5. The van der Waals surface area contributed by atoms with Crippen LogP contribution >= 0.6 is 0 Å². The zero-order chi connectivity index (χ0) is 19.8. The predicted molar refractivity (Wildman–Crippen MR) is 106 cm³/mol.